The summed E-state index contributed by atoms with van der Waals surface area (Å²) >= 11 is 0. The molecular formula is C22H20N4O2. The number of hydrogen-bond acceptors (Lipinski definition) is 4. The molecule has 4 aromatic rings. The monoisotopic (exact) mass is 372 g/mol. The summed E-state index contributed by atoms with van der Waals surface area (Å²) in [5.74, 6) is 0.481. The highest BCUT2D eigenvalue weighted by Crippen LogP contribution is 2.43. The van der Waals surface area contributed by atoms with Crippen LogP contribution in [0.3, 0.4) is 0 Å². The van der Waals surface area contributed by atoms with Gasteiger partial charge < -0.3 is 14.3 Å². The minimum absolute atomic E-state index is 0.114. The van der Waals surface area contributed by atoms with Crippen molar-refractivity contribution < 1.29 is 9.21 Å². The molecule has 28 heavy (non-hydrogen) atoms. The van der Waals surface area contributed by atoms with Gasteiger partial charge in [-0.05, 0) is 60.7 Å². The molecule has 2 aliphatic rings. The zero-order valence-electron chi connectivity index (χ0n) is 15.4. The first-order valence-corrected chi connectivity index (χ1v) is 9.88. The summed E-state index contributed by atoms with van der Waals surface area (Å²) in [5, 5.41) is 0. The first-order chi connectivity index (χ1) is 13.8. The fourth-order valence-electron chi connectivity index (χ4n) is 5.03. The molecule has 1 amide bonds. The molecule has 6 heteroatoms. The van der Waals surface area contributed by atoms with Gasteiger partial charge >= 0.3 is 0 Å². The molecule has 2 atom stereocenters. The molecule has 0 radical (unpaired) electrons. The number of benzene rings is 2. The predicted octanol–water partition coefficient (Wildman–Crippen LogP) is 4.04. The van der Waals surface area contributed by atoms with Crippen LogP contribution in [0.4, 0.5) is 0 Å². The summed E-state index contributed by atoms with van der Waals surface area (Å²) in [6, 6.07) is 10.2. The molecule has 1 N–H and O–H groups in total. The van der Waals surface area contributed by atoms with Gasteiger partial charge in [-0.2, -0.15) is 0 Å². The van der Waals surface area contributed by atoms with Crippen molar-refractivity contribution in [2.45, 2.75) is 37.6 Å². The maximum atomic E-state index is 13.5. The number of amides is 1. The summed E-state index contributed by atoms with van der Waals surface area (Å²) < 4.78 is 5.53. The van der Waals surface area contributed by atoms with Gasteiger partial charge in [-0.3, -0.25) is 4.79 Å². The molecule has 3 heterocycles. The molecule has 0 spiro atoms. The number of carbonyl (C=O) groups excluding carboxylic acids is 1. The van der Waals surface area contributed by atoms with Crippen molar-refractivity contribution in [3.8, 4) is 0 Å². The molecule has 0 saturated carbocycles. The Balaban J connectivity index is 1.38. The van der Waals surface area contributed by atoms with Gasteiger partial charge in [0.25, 0.3) is 5.91 Å². The van der Waals surface area contributed by atoms with Crippen molar-refractivity contribution in [3.05, 3.63) is 59.7 Å². The van der Waals surface area contributed by atoms with Gasteiger partial charge in [-0.15, -0.1) is 0 Å². The standard InChI is InChI=1S/C22H20N4O2/c27-22(13-4-5-17-18(7-13)24-11-23-17)26-6-2-1-3-15-16-10-21-19(25-12-28-21)8-14(16)9-20(15)26/h4-5,7-8,10-12,15,20H,1-3,6,9H2,(H,23,24)/t15-,20+/m1/s1. The normalized spacial score (nSPS) is 21.6. The summed E-state index contributed by atoms with van der Waals surface area (Å²) in [5.41, 5.74) is 6.89. The van der Waals surface area contributed by atoms with Gasteiger partial charge in [0.2, 0.25) is 0 Å². The fraction of sp³-hybridized carbons (Fsp3) is 0.318. The number of aromatic nitrogens is 3. The van der Waals surface area contributed by atoms with Crippen LogP contribution in [0.25, 0.3) is 22.1 Å². The molecule has 140 valence electrons. The molecule has 0 unspecified atom stereocenters. The maximum Gasteiger partial charge on any atom is 0.254 e. The van der Waals surface area contributed by atoms with E-state index in [0.717, 1.165) is 59.9 Å². The molecule has 1 aliphatic carbocycles. The van der Waals surface area contributed by atoms with E-state index in [-0.39, 0.29) is 11.9 Å². The van der Waals surface area contributed by atoms with Crippen molar-refractivity contribution in [3.63, 3.8) is 0 Å². The topological polar surface area (TPSA) is 75.0 Å². The SMILES string of the molecule is O=C(c1ccc2nc[nH]c2c1)N1CCCC[C@@H]2c3cc4ocnc4cc3C[C@@H]21. The number of carbonyl (C=O) groups is 1. The Hall–Kier alpha value is -3.15. The lowest BCUT2D eigenvalue weighted by atomic mass is 9.93. The van der Waals surface area contributed by atoms with Gasteiger partial charge in [0.1, 0.15) is 5.52 Å². The molecule has 0 bridgehead atoms. The Labute approximate surface area is 161 Å². The number of H-pyrrole nitrogens is 1. The quantitative estimate of drug-likeness (QED) is 0.547. The van der Waals surface area contributed by atoms with Crippen LogP contribution in [-0.2, 0) is 6.42 Å². The van der Waals surface area contributed by atoms with Gasteiger partial charge in [0.15, 0.2) is 12.0 Å². The minimum Gasteiger partial charge on any atom is -0.443 e. The molecule has 2 aromatic heterocycles. The van der Waals surface area contributed by atoms with Gasteiger partial charge in [0, 0.05) is 24.1 Å². The van der Waals surface area contributed by atoms with Crippen molar-refractivity contribution >= 4 is 28.0 Å². The fourth-order valence-corrected chi connectivity index (χ4v) is 5.03. The van der Waals surface area contributed by atoms with Gasteiger partial charge in [-0.25, -0.2) is 9.97 Å². The maximum absolute atomic E-state index is 13.5. The highest BCUT2D eigenvalue weighted by Gasteiger charge is 2.40. The third-order valence-corrected chi connectivity index (χ3v) is 6.38. The number of hydrogen-bond donors (Lipinski definition) is 1. The number of imidazole rings is 1. The molecule has 1 saturated heterocycles. The summed E-state index contributed by atoms with van der Waals surface area (Å²) in [6.45, 7) is 0.809. The molecular weight excluding hydrogens is 352 g/mol. The van der Waals surface area contributed by atoms with E-state index in [2.05, 4.69) is 32.0 Å². The first-order valence-electron chi connectivity index (χ1n) is 9.88. The summed E-state index contributed by atoms with van der Waals surface area (Å²) in [4.78, 5) is 27.2. The second-order valence-corrected chi connectivity index (χ2v) is 7.88. The van der Waals surface area contributed by atoms with Crippen LogP contribution >= 0.6 is 0 Å². The average molecular weight is 372 g/mol. The van der Waals surface area contributed by atoms with Crippen molar-refractivity contribution in [1.82, 2.24) is 19.9 Å². The van der Waals surface area contributed by atoms with E-state index in [4.69, 9.17) is 4.42 Å². The second-order valence-electron chi connectivity index (χ2n) is 7.88. The van der Waals surface area contributed by atoms with E-state index in [9.17, 15) is 4.79 Å². The summed E-state index contributed by atoms with van der Waals surface area (Å²) in [7, 11) is 0. The zero-order valence-corrected chi connectivity index (χ0v) is 15.4. The second kappa shape index (κ2) is 5.92. The molecule has 6 nitrogen and oxygen atoms in total. The smallest absolute Gasteiger partial charge is 0.254 e. The van der Waals surface area contributed by atoms with Crippen LogP contribution in [-0.4, -0.2) is 38.3 Å². The average Bonchev–Trinajstić information content (AvgIpc) is 3.40. The molecule has 2 aromatic carbocycles. The van der Waals surface area contributed by atoms with Crippen LogP contribution in [0.2, 0.25) is 0 Å². The number of aromatic amines is 1. The van der Waals surface area contributed by atoms with E-state index >= 15 is 0 Å². The Morgan fingerprint density at radius 3 is 3.07 bits per heavy atom. The van der Waals surface area contributed by atoms with Crippen molar-refractivity contribution in [2.24, 2.45) is 0 Å². The molecule has 1 aliphatic heterocycles. The lowest BCUT2D eigenvalue weighted by molar-refractivity contribution is 0.0676. The van der Waals surface area contributed by atoms with Crippen molar-refractivity contribution in [1.29, 1.82) is 0 Å². The van der Waals surface area contributed by atoms with Crippen LogP contribution in [0.1, 0.15) is 46.7 Å². The third-order valence-electron chi connectivity index (χ3n) is 6.38. The Morgan fingerprint density at radius 1 is 1.14 bits per heavy atom. The van der Waals surface area contributed by atoms with Crippen LogP contribution in [0.5, 0.6) is 0 Å². The number of oxazole rings is 1. The number of rotatable bonds is 1. The predicted molar refractivity (Wildman–Crippen MR) is 105 cm³/mol. The zero-order chi connectivity index (χ0) is 18.7. The Bertz CT molecular complexity index is 1210. The Morgan fingerprint density at radius 2 is 2.11 bits per heavy atom. The van der Waals surface area contributed by atoms with Crippen molar-refractivity contribution in [2.75, 3.05) is 6.54 Å². The van der Waals surface area contributed by atoms with E-state index in [1.165, 1.54) is 17.5 Å². The van der Waals surface area contributed by atoms with Crippen LogP contribution in [0.15, 0.2) is 47.5 Å². The van der Waals surface area contributed by atoms with Gasteiger partial charge in [0.05, 0.1) is 17.4 Å². The summed E-state index contributed by atoms with van der Waals surface area (Å²) in [6.07, 6.45) is 7.36. The van der Waals surface area contributed by atoms with Crippen LogP contribution in [0, 0.1) is 0 Å². The minimum atomic E-state index is 0.114. The largest absolute Gasteiger partial charge is 0.443 e. The number of fused-ring (bicyclic) bond motifs is 5. The van der Waals surface area contributed by atoms with Crippen LogP contribution < -0.4 is 0 Å². The Kier molecular flexibility index (Phi) is 3.36. The third kappa shape index (κ3) is 2.30. The highest BCUT2D eigenvalue weighted by atomic mass is 16.3. The number of nitrogens with one attached hydrogen (secondary N) is 1. The van der Waals surface area contributed by atoms with E-state index in [1.807, 2.05) is 18.2 Å². The van der Waals surface area contributed by atoms with E-state index in [1.54, 1.807) is 6.33 Å². The number of likely N-dealkylation sites (tertiary alicyclic amines) is 1. The highest BCUT2D eigenvalue weighted by molar-refractivity contribution is 5.97. The van der Waals surface area contributed by atoms with E-state index in [0.29, 0.717) is 5.92 Å². The molecule has 6 rings (SSSR count). The van der Waals surface area contributed by atoms with Gasteiger partial charge in [-0.1, -0.05) is 6.42 Å². The first kappa shape index (κ1) is 15.9. The number of nitrogens with zero attached hydrogens (tertiary/aromatic N) is 3. The lowest BCUT2D eigenvalue weighted by Crippen LogP contribution is -2.42. The lowest BCUT2D eigenvalue weighted by Gasteiger charge is -2.31. The molecule has 1 fully saturated rings. The van der Waals surface area contributed by atoms with E-state index < -0.39 is 0 Å².